The van der Waals surface area contributed by atoms with E-state index in [1.54, 1.807) is 0 Å². The van der Waals surface area contributed by atoms with Crippen molar-refractivity contribution in [3.05, 3.63) is 29.5 Å². The molecule has 0 heteroatoms. The van der Waals surface area contributed by atoms with Crippen molar-refractivity contribution >= 4 is 0 Å². The van der Waals surface area contributed by atoms with Crippen molar-refractivity contribution in [2.24, 2.45) is 11.3 Å². The van der Waals surface area contributed by atoms with Gasteiger partial charge in [-0.25, -0.2) is 0 Å². The lowest BCUT2D eigenvalue weighted by Gasteiger charge is -2.35. The van der Waals surface area contributed by atoms with Gasteiger partial charge < -0.3 is 0 Å². The quantitative estimate of drug-likeness (QED) is 0.439. The van der Waals surface area contributed by atoms with E-state index in [2.05, 4.69) is 51.7 Å². The van der Waals surface area contributed by atoms with Crippen LogP contribution in [0.5, 0.6) is 0 Å². The van der Waals surface area contributed by atoms with Crippen molar-refractivity contribution in [3.63, 3.8) is 0 Å². The maximum absolute atomic E-state index is 3.35. The zero-order valence-corrected chi connectivity index (χ0v) is 9.22. The van der Waals surface area contributed by atoms with Crippen LogP contribution >= 0.6 is 0 Å². The van der Waals surface area contributed by atoms with Crippen LogP contribution in [0.15, 0.2) is 29.5 Å². The minimum absolute atomic E-state index is 0.412. The fourth-order valence-corrected chi connectivity index (χ4v) is 2.07. The van der Waals surface area contributed by atoms with Gasteiger partial charge >= 0.3 is 0 Å². The highest BCUT2D eigenvalue weighted by atomic mass is 14.3. The zero-order chi connectivity index (χ0) is 9.90. The summed E-state index contributed by atoms with van der Waals surface area (Å²) in [6.45, 7) is 8.99. The van der Waals surface area contributed by atoms with Crippen LogP contribution in [-0.2, 0) is 0 Å². The average Bonchev–Trinajstić information content (AvgIpc) is 2.02. The van der Waals surface area contributed by atoms with Gasteiger partial charge in [0.1, 0.15) is 0 Å². The summed E-state index contributed by atoms with van der Waals surface area (Å²) in [5, 5.41) is 0. The lowest BCUT2D eigenvalue weighted by molar-refractivity contribution is 0.246. The van der Waals surface area contributed by atoms with Crippen molar-refractivity contribution in [1.29, 1.82) is 0 Å². The highest BCUT2D eigenvalue weighted by molar-refractivity contribution is 5.14. The summed E-state index contributed by atoms with van der Waals surface area (Å²) in [6.07, 6.45) is 8.91. The standard InChI is InChI=1S/C13H20/c1-5-6-9-12-11(2)8-7-10-13(12,3)4/h5-7,12H,9-10H2,1-4H3. The third-order valence-electron chi connectivity index (χ3n) is 3.03. The third kappa shape index (κ3) is 2.35. The largest absolute Gasteiger partial charge is 0.126 e. The molecule has 1 rings (SSSR count). The Hall–Kier alpha value is -0.740. The predicted octanol–water partition coefficient (Wildman–Crippen LogP) is 4.10. The minimum atomic E-state index is 0.412. The molecule has 0 aromatic heterocycles. The summed E-state index contributed by atoms with van der Waals surface area (Å²) in [7, 11) is 0. The van der Waals surface area contributed by atoms with Crippen LogP contribution in [0.25, 0.3) is 0 Å². The van der Waals surface area contributed by atoms with Crippen LogP contribution in [0.1, 0.15) is 40.5 Å². The fraction of sp³-hybridized carbons (Fsp3) is 0.615. The average molecular weight is 176 g/mol. The lowest BCUT2D eigenvalue weighted by Crippen LogP contribution is -2.25. The van der Waals surface area contributed by atoms with E-state index >= 15 is 0 Å². The van der Waals surface area contributed by atoms with Crippen molar-refractivity contribution < 1.29 is 0 Å². The van der Waals surface area contributed by atoms with E-state index in [0.717, 1.165) is 12.8 Å². The number of rotatable bonds is 2. The minimum Gasteiger partial charge on any atom is -0.126 e. The van der Waals surface area contributed by atoms with Gasteiger partial charge in [-0.3, -0.25) is 0 Å². The molecule has 72 valence electrons. The summed E-state index contributed by atoms with van der Waals surface area (Å²) in [5.41, 5.74) is 5.18. The Bertz CT molecular complexity index is 260. The van der Waals surface area contributed by atoms with E-state index in [4.69, 9.17) is 0 Å². The Labute approximate surface area is 82.0 Å². The molecule has 0 N–H and O–H groups in total. The van der Waals surface area contributed by atoms with Crippen LogP contribution in [-0.4, -0.2) is 0 Å². The number of allylic oxidation sites excluding steroid dienone is 3. The molecular weight excluding hydrogens is 156 g/mol. The Morgan fingerprint density at radius 2 is 2.31 bits per heavy atom. The molecule has 0 aromatic rings. The van der Waals surface area contributed by atoms with Crippen LogP contribution in [0.3, 0.4) is 0 Å². The summed E-state index contributed by atoms with van der Waals surface area (Å²) in [6, 6.07) is 0. The van der Waals surface area contributed by atoms with Crippen molar-refractivity contribution in [1.82, 2.24) is 0 Å². The van der Waals surface area contributed by atoms with Crippen LogP contribution in [0.4, 0.5) is 0 Å². The third-order valence-corrected chi connectivity index (χ3v) is 3.03. The molecule has 1 unspecified atom stereocenters. The fourth-order valence-electron chi connectivity index (χ4n) is 2.07. The summed E-state index contributed by atoms with van der Waals surface area (Å²) < 4.78 is 0. The van der Waals surface area contributed by atoms with E-state index in [1.807, 2.05) is 0 Å². The normalized spacial score (nSPS) is 26.5. The Morgan fingerprint density at radius 1 is 1.62 bits per heavy atom. The van der Waals surface area contributed by atoms with Crippen molar-refractivity contribution in [2.75, 3.05) is 0 Å². The molecule has 0 fully saturated rings. The first-order valence-corrected chi connectivity index (χ1v) is 5.11. The molecule has 1 atom stereocenters. The molecule has 0 nitrogen and oxygen atoms in total. The molecule has 0 saturated carbocycles. The molecule has 13 heavy (non-hydrogen) atoms. The second kappa shape index (κ2) is 3.98. The first-order valence-electron chi connectivity index (χ1n) is 5.11. The van der Waals surface area contributed by atoms with Gasteiger partial charge in [0.2, 0.25) is 0 Å². The van der Waals surface area contributed by atoms with Crippen molar-refractivity contribution in [3.8, 4) is 0 Å². The van der Waals surface area contributed by atoms with Crippen molar-refractivity contribution in [2.45, 2.75) is 40.5 Å². The van der Waals surface area contributed by atoms with E-state index < -0.39 is 0 Å². The van der Waals surface area contributed by atoms with Gasteiger partial charge in [-0.05, 0) is 49.7 Å². The molecule has 0 aliphatic heterocycles. The topological polar surface area (TPSA) is 0 Å². The molecule has 0 heterocycles. The lowest BCUT2D eigenvalue weighted by atomic mass is 9.69. The smallest absolute Gasteiger partial charge is 0.00410 e. The maximum Gasteiger partial charge on any atom is -0.00410 e. The monoisotopic (exact) mass is 176 g/mol. The molecule has 0 spiro atoms. The van der Waals surface area contributed by atoms with Crippen LogP contribution in [0.2, 0.25) is 0 Å². The Balaban J connectivity index is 2.82. The van der Waals surface area contributed by atoms with Gasteiger partial charge in [-0.1, -0.05) is 26.0 Å². The summed E-state index contributed by atoms with van der Waals surface area (Å²) >= 11 is 0. The molecule has 1 aliphatic rings. The number of hydrogen-bond acceptors (Lipinski definition) is 0. The summed E-state index contributed by atoms with van der Waals surface area (Å²) in [5.74, 6) is 0.675. The van der Waals surface area contributed by atoms with E-state index in [1.165, 1.54) is 5.57 Å². The molecule has 0 aromatic carbocycles. The zero-order valence-electron chi connectivity index (χ0n) is 9.22. The second-order valence-corrected chi connectivity index (χ2v) is 4.58. The maximum atomic E-state index is 3.35. The van der Waals surface area contributed by atoms with E-state index in [0.29, 0.717) is 11.3 Å². The molecule has 0 radical (unpaired) electrons. The molecule has 0 bridgehead atoms. The van der Waals surface area contributed by atoms with E-state index in [9.17, 15) is 0 Å². The number of hydrogen-bond donors (Lipinski definition) is 0. The molecular formula is C13H20. The van der Waals surface area contributed by atoms with Gasteiger partial charge in [-0.15, -0.1) is 5.73 Å². The first kappa shape index (κ1) is 10.3. The van der Waals surface area contributed by atoms with Crippen LogP contribution < -0.4 is 0 Å². The highest BCUT2D eigenvalue weighted by Gasteiger charge is 2.30. The first-order chi connectivity index (χ1) is 6.08. The highest BCUT2D eigenvalue weighted by Crippen LogP contribution is 2.40. The molecule has 0 amide bonds. The second-order valence-electron chi connectivity index (χ2n) is 4.58. The molecule has 1 aliphatic carbocycles. The van der Waals surface area contributed by atoms with Gasteiger partial charge in [0, 0.05) is 0 Å². The SMILES string of the molecule is CC=CCC1C(C)=C=CCC1(C)C. The van der Waals surface area contributed by atoms with Gasteiger partial charge in [-0.2, -0.15) is 0 Å². The summed E-state index contributed by atoms with van der Waals surface area (Å²) in [4.78, 5) is 0. The molecule has 0 saturated heterocycles. The Morgan fingerprint density at radius 3 is 2.85 bits per heavy atom. The van der Waals surface area contributed by atoms with E-state index in [-0.39, 0.29) is 0 Å². The van der Waals surface area contributed by atoms with Gasteiger partial charge in [0.15, 0.2) is 0 Å². The van der Waals surface area contributed by atoms with Gasteiger partial charge in [0.25, 0.3) is 0 Å². The van der Waals surface area contributed by atoms with Crippen LogP contribution in [0, 0.1) is 11.3 Å². The van der Waals surface area contributed by atoms with Gasteiger partial charge in [0.05, 0.1) is 0 Å². The Kier molecular flexibility index (Phi) is 3.17. The predicted molar refractivity (Wildman–Crippen MR) is 58.6 cm³/mol.